The molecule has 2 aromatic rings. The first-order chi connectivity index (χ1) is 15.3. The number of benzene rings is 2. The number of sulfone groups is 1. The molecule has 2 atom stereocenters. The van der Waals surface area contributed by atoms with Crippen molar-refractivity contribution in [1.82, 2.24) is 4.90 Å². The second-order valence-corrected chi connectivity index (χ2v) is 10.3. The standard InChI is InChI=1S/C24H31NO6S/c1-3-30-23-9-7-19(8-10-23)14-25(21-11-12-32(28,29)17-21)15-22(27)16-31-24-6-4-5-20(13-24)18(2)26/h4-10,13,21-22,27H,3,11-12,14-17H2,1-2H3. The molecule has 0 aliphatic carbocycles. The molecule has 1 aliphatic rings. The second kappa shape index (κ2) is 10.9. The van der Waals surface area contributed by atoms with Crippen molar-refractivity contribution in [3.63, 3.8) is 0 Å². The maximum atomic E-state index is 12.0. The van der Waals surface area contributed by atoms with Crippen LogP contribution < -0.4 is 9.47 Å². The van der Waals surface area contributed by atoms with Crippen molar-refractivity contribution >= 4 is 15.6 Å². The summed E-state index contributed by atoms with van der Waals surface area (Å²) in [6.07, 6.45) is -0.268. The van der Waals surface area contributed by atoms with Crippen LogP contribution in [0.1, 0.15) is 36.2 Å². The Kier molecular flexibility index (Phi) is 8.28. The first kappa shape index (κ1) is 24.2. The van der Waals surface area contributed by atoms with Gasteiger partial charge in [0.1, 0.15) is 24.2 Å². The molecule has 2 aromatic carbocycles. The van der Waals surface area contributed by atoms with E-state index in [1.165, 1.54) is 6.92 Å². The lowest BCUT2D eigenvalue weighted by molar-refractivity contribution is 0.0524. The molecule has 1 saturated heterocycles. The summed E-state index contributed by atoms with van der Waals surface area (Å²) in [6.45, 7) is 4.84. The number of hydrogen-bond acceptors (Lipinski definition) is 7. The first-order valence-electron chi connectivity index (χ1n) is 10.8. The van der Waals surface area contributed by atoms with Crippen LogP contribution in [0.3, 0.4) is 0 Å². The van der Waals surface area contributed by atoms with Gasteiger partial charge in [0.15, 0.2) is 15.6 Å². The minimum absolute atomic E-state index is 0.0423. The fraction of sp³-hybridized carbons (Fsp3) is 0.458. The van der Waals surface area contributed by atoms with Gasteiger partial charge in [-0.15, -0.1) is 0 Å². The van der Waals surface area contributed by atoms with Crippen LogP contribution in [0.2, 0.25) is 0 Å². The second-order valence-electron chi connectivity index (χ2n) is 8.11. The highest BCUT2D eigenvalue weighted by atomic mass is 32.2. The molecule has 0 aromatic heterocycles. The molecule has 0 amide bonds. The number of ether oxygens (including phenoxy) is 2. The van der Waals surface area contributed by atoms with E-state index in [0.717, 1.165) is 11.3 Å². The van der Waals surface area contributed by atoms with E-state index < -0.39 is 15.9 Å². The van der Waals surface area contributed by atoms with Crippen molar-refractivity contribution in [2.45, 2.75) is 39.0 Å². The fourth-order valence-corrected chi connectivity index (χ4v) is 5.58. The summed E-state index contributed by atoms with van der Waals surface area (Å²) < 4.78 is 35.3. The smallest absolute Gasteiger partial charge is 0.159 e. The number of Topliss-reactive ketones (excluding diaryl/α,β-unsaturated/α-hetero) is 1. The van der Waals surface area contributed by atoms with Crippen molar-refractivity contribution in [3.8, 4) is 11.5 Å². The van der Waals surface area contributed by atoms with E-state index in [-0.39, 0.29) is 36.5 Å². The van der Waals surface area contributed by atoms with Gasteiger partial charge in [-0.2, -0.15) is 0 Å². The predicted molar refractivity (Wildman–Crippen MR) is 123 cm³/mol. The largest absolute Gasteiger partial charge is 0.494 e. The Hall–Kier alpha value is -2.42. The quantitative estimate of drug-likeness (QED) is 0.514. The molecule has 1 heterocycles. The number of ketones is 1. The van der Waals surface area contributed by atoms with Crippen molar-refractivity contribution < 1.29 is 27.8 Å². The van der Waals surface area contributed by atoms with Gasteiger partial charge in [0, 0.05) is 24.7 Å². The van der Waals surface area contributed by atoms with Crippen LogP contribution in [0.15, 0.2) is 48.5 Å². The van der Waals surface area contributed by atoms with Crippen LogP contribution >= 0.6 is 0 Å². The molecule has 1 N–H and O–H groups in total. The van der Waals surface area contributed by atoms with Crippen LogP contribution in [-0.2, 0) is 16.4 Å². The van der Waals surface area contributed by atoms with Gasteiger partial charge in [-0.3, -0.25) is 9.69 Å². The van der Waals surface area contributed by atoms with Gasteiger partial charge in [0.05, 0.1) is 18.1 Å². The Morgan fingerprint density at radius 2 is 1.91 bits per heavy atom. The van der Waals surface area contributed by atoms with Gasteiger partial charge >= 0.3 is 0 Å². The SMILES string of the molecule is CCOc1ccc(CN(CC(O)COc2cccc(C(C)=O)c2)C2CCS(=O)(=O)C2)cc1. The van der Waals surface area contributed by atoms with Crippen LogP contribution in [-0.4, -0.2) is 67.6 Å². The molecule has 0 bridgehead atoms. The molecule has 0 saturated carbocycles. The molecule has 3 rings (SSSR count). The molecule has 7 nitrogen and oxygen atoms in total. The molecule has 174 valence electrons. The zero-order valence-electron chi connectivity index (χ0n) is 18.6. The number of rotatable bonds is 11. The van der Waals surface area contributed by atoms with E-state index in [0.29, 0.717) is 30.9 Å². The third-order valence-electron chi connectivity index (χ3n) is 5.47. The van der Waals surface area contributed by atoms with Gasteiger partial charge in [0.25, 0.3) is 0 Å². The highest BCUT2D eigenvalue weighted by molar-refractivity contribution is 7.91. The summed E-state index contributed by atoms with van der Waals surface area (Å²) in [5, 5.41) is 10.6. The zero-order valence-corrected chi connectivity index (χ0v) is 19.4. The Bertz CT molecular complexity index is 1010. The number of nitrogens with zero attached hydrogens (tertiary/aromatic N) is 1. The van der Waals surface area contributed by atoms with E-state index in [4.69, 9.17) is 9.47 Å². The monoisotopic (exact) mass is 461 g/mol. The topological polar surface area (TPSA) is 93.1 Å². The van der Waals surface area contributed by atoms with Crippen LogP contribution in [0, 0.1) is 0 Å². The molecular weight excluding hydrogens is 430 g/mol. The molecular formula is C24H31NO6S. The van der Waals surface area contributed by atoms with E-state index in [2.05, 4.69) is 0 Å². The third-order valence-corrected chi connectivity index (χ3v) is 7.22. The normalized spacial score (nSPS) is 18.4. The summed E-state index contributed by atoms with van der Waals surface area (Å²) in [5.74, 6) is 1.51. The Balaban J connectivity index is 1.65. The Morgan fingerprint density at radius 3 is 2.53 bits per heavy atom. The lowest BCUT2D eigenvalue weighted by atomic mass is 10.1. The molecule has 0 radical (unpaired) electrons. The summed E-state index contributed by atoms with van der Waals surface area (Å²) in [7, 11) is -3.06. The summed E-state index contributed by atoms with van der Waals surface area (Å²) in [4.78, 5) is 13.6. The maximum absolute atomic E-state index is 12.0. The van der Waals surface area contributed by atoms with Gasteiger partial charge in [-0.25, -0.2) is 8.42 Å². The first-order valence-corrected chi connectivity index (χ1v) is 12.7. The number of carbonyl (C=O) groups is 1. The molecule has 1 fully saturated rings. The van der Waals surface area contributed by atoms with Gasteiger partial charge < -0.3 is 14.6 Å². The summed E-state index contributed by atoms with van der Waals surface area (Å²) in [6, 6.07) is 14.4. The minimum atomic E-state index is -3.06. The van der Waals surface area contributed by atoms with E-state index in [9.17, 15) is 18.3 Å². The van der Waals surface area contributed by atoms with Crippen LogP contribution in [0.4, 0.5) is 0 Å². The van der Waals surface area contributed by atoms with Crippen molar-refractivity contribution in [3.05, 3.63) is 59.7 Å². The number of carbonyl (C=O) groups excluding carboxylic acids is 1. The lowest BCUT2D eigenvalue weighted by Gasteiger charge is -2.30. The number of aliphatic hydroxyl groups is 1. The molecule has 32 heavy (non-hydrogen) atoms. The van der Waals surface area contributed by atoms with Crippen LogP contribution in [0.25, 0.3) is 0 Å². The highest BCUT2D eigenvalue weighted by Crippen LogP contribution is 2.22. The molecule has 8 heteroatoms. The third kappa shape index (κ3) is 7.05. The summed E-state index contributed by atoms with van der Waals surface area (Å²) >= 11 is 0. The van der Waals surface area contributed by atoms with Gasteiger partial charge in [-0.05, 0) is 50.1 Å². The van der Waals surface area contributed by atoms with Crippen molar-refractivity contribution in [2.75, 3.05) is 31.3 Å². The molecule has 2 unspecified atom stereocenters. The Labute approximate surface area is 189 Å². The Morgan fingerprint density at radius 1 is 1.16 bits per heavy atom. The van der Waals surface area contributed by atoms with E-state index in [1.807, 2.05) is 36.1 Å². The van der Waals surface area contributed by atoms with E-state index >= 15 is 0 Å². The van der Waals surface area contributed by atoms with Crippen molar-refractivity contribution in [2.24, 2.45) is 0 Å². The fourth-order valence-electron chi connectivity index (χ4n) is 3.82. The van der Waals surface area contributed by atoms with Gasteiger partial charge in [0.2, 0.25) is 0 Å². The number of aliphatic hydroxyl groups excluding tert-OH is 1. The van der Waals surface area contributed by atoms with Gasteiger partial charge in [-0.1, -0.05) is 24.3 Å². The average Bonchev–Trinajstić information content (AvgIpc) is 3.13. The lowest BCUT2D eigenvalue weighted by Crippen LogP contribution is -2.42. The maximum Gasteiger partial charge on any atom is 0.159 e. The zero-order chi connectivity index (χ0) is 23.1. The van der Waals surface area contributed by atoms with Crippen molar-refractivity contribution in [1.29, 1.82) is 0 Å². The predicted octanol–water partition coefficient (Wildman–Crippen LogP) is 2.72. The van der Waals surface area contributed by atoms with Crippen LogP contribution in [0.5, 0.6) is 11.5 Å². The van der Waals surface area contributed by atoms with E-state index in [1.54, 1.807) is 24.3 Å². The minimum Gasteiger partial charge on any atom is -0.494 e. The molecule has 0 spiro atoms. The molecule has 1 aliphatic heterocycles. The average molecular weight is 462 g/mol. The summed E-state index contributed by atoms with van der Waals surface area (Å²) in [5.41, 5.74) is 1.56. The number of hydrogen-bond donors (Lipinski definition) is 1. The highest BCUT2D eigenvalue weighted by Gasteiger charge is 2.33.